The largest absolute Gasteiger partial charge is 0.444 e. The van der Waals surface area contributed by atoms with E-state index in [9.17, 15) is 4.79 Å². The zero-order valence-electron chi connectivity index (χ0n) is 16.8. The van der Waals surface area contributed by atoms with Crippen molar-refractivity contribution in [3.05, 3.63) is 59.8 Å². The second-order valence-corrected chi connectivity index (χ2v) is 7.53. The van der Waals surface area contributed by atoms with Crippen molar-refractivity contribution >= 4 is 5.91 Å². The number of para-hydroxylation sites is 1. The Morgan fingerprint density at radius 2 is 1.97 bits per heavy atom. The van der Waals surface area contributed by atoms with Crippen LogP contribution in [0.4, 0.5) is 0 Å². The fourth-order valence-electron chi connectivity index (χ4n) is 3.54. The van der Waals surface area contributed by atoms with Crippen molar-refractivity contribution in [1.29, 1.82) is 0 Å². The number of oxazole rings is 1. The second-order valence-electron chi connectivity index (χ2n) is 7.53. The van der Waals surface area contributed by atoms with Gasteiger partial charge in [0.25, 0.3) is 5.91 Å². The number of nitrogens with zero attached hydrogens (tertiary/aromatic N) is 5. The Kier molecular flexibility index (Phi) is 5.71. The maximum absolute atomic E-state index is 12.4. The second kappa shape index (κ2) is 8.57. The number of carbonyl (C=O) groups is 1. The molecule has 8 nitrogen and oxygen atoms in total. The lowest BCUT2D eigenvalue weighted by Gasteiger charge is -2.31. The van der Waals surface area contributed by atoms with E-state index in [-0.39, 0.29) is 11.7 Å². The van der Waals surface area contributed by atoms with E-state index in [1.54, 1.807) is 11.0 Å². The van der Waals surface area contributed by atoms with Gasteiger partial charge in [0.1, 0.15) is 12.1 Å². The quantitative estimate of drug-likeness (QED) is 0.691. The molecule has 8 heteroatoms. The molecule has 3 aromatic rings. The molecular formula is C21H26N6O2. The number of nitrogens with one attached hydrogen (secondary N) is 1. The van der Waals surface area contributed by atoms with Crippen molar-refractivity contribution in [3.8, 4) is 5.69 Å². The molecule has 29 heavy (non-hydrogen) atoms. The van der Waals surface area contributed by atoms with Crippen LogP contribution in [0.2, 0.25) is 0 Å². The van der Waals surface area contributed by atoms with E-state index in [1.807, 2.05) is 44.2 Å². The van der Waals surface area contributed by atoms with E-state index in [0.29, 0.717) is 12.5 Å². The summed E-state index contributed by atoms with van der Waals surface area (Å²) in [6.45, 7) is 7.25. The van der Waals surface area contributed by atoms with Crippen LogP contribution in [0.1, 0.15) is 40.8 Å². The Morgan fingerprint density at radius 3 is 2.66 bits per heavy atom. The molecule has 0 radical (unpaired) electrons. The summed E-state index contributed by atoms with van der Waals surface area (Å²) in [5, 5.41) is 7.26. The molecule has 1 saturated heterocycles. The molecule has 1 fully saturated rings. The SMILES string of the molecule is Cc1nc(CN2CCC(CNC(=O)c3ncn(-c4ccccc4)n3)CC2)oc1C. The highest BCUT2D eigenvalue weighted by molar-refractivity contribution is 5.90. The Labute approximate surface area is 170 Å². The topological polar surface area (TPSA) is 89.1 Å². The van der Waals surface area contributed by atoms with Gasteiger partial charge in [-0.1, -0.05) is 18.2 Å². The fourth-order valence-corrected chi connectivity index (χ4v) is 3.54. The van der Waals surface area contributed by atoms with Crippen LogP contribution in [0.5, 0.6) is 0 Å². The van der Waals surface area contributed by atoms with Crippen LogP contribution >= 0.6 is 0 Å². The molecule has 0 aliphatic carbocycles. The summed E-state index contributed by atoms with van der Waals surface area (Å²) in [6.07, 6.45) is 3.63. The zero-order valence-corrected chi connectivity index (χ0v) is 16.8. The van der Waals surface area contributed by atoms with E-state index in [0.717, 1.165) is 55.5 Å². The molecule has 0 spiro atoms. The predicted molar refractivity (Wildman–Crippen MR) is 108 cm³/mol. The first-order valence-electron chi connectivity index (χ1n) is 9.99. The Hall–Kier alpha value is -3.00. The lowest BCUT2D eigenvalue weighted by atomic mass is 9.97. The first-order chi connectivity index (χ1) is 14.1. The highest BCUT2D eigenvalue weighted by Crippen LogP contribution is 2.19. The van der Waals surface area contributed by atoms with Gasteiger partial charge in [0, 0.05) is 6.54 Å². The number of aromatic nitrogens is 4. The first-order valence-corrected chi connectivity index (χ1v) is 9.99. The Morgan fingerprint density at radius 1 is 1.21 bits per heavy atom. The molecule has 152 valence electrons. The molecule has 1 N–H and O–H groups in total. The highest BCUT2D eigenvalue weighted by atomic mass is 16.4. The molecule has 1 aromatic carbocycles. The molecule has 1 aliphatic rings. The van der Waals surface area contributed by atoms with Crippen LogP contribution in [-0.2, 0) is 6.54 Å². The van der Waals surface area contributed by atoms with Gasteiger partial charge in [-0.25, -0.2) is 14.6 Å². The molecule has 2 aromatic heterocycles. The van der Waals surface area contributed by atoms with Gasteiger partial charge in [0.15, 0.2) is 0 Å². The monoisotopic (exact) mass is 394 g/mol. The number of hydrogen-bond donors (Lipinski definition) is 1. The minimum absolute atomic E-state index is 0.195. The summed E-state index contributed by atoms with van der Waals surface area (Å²) in [4.78, 5) is 23.3. The van der Waals surface area contributed by atoms with Crippen molar-refractivity contribution in [3.63, 3.8) is 0 Å². The van der Waals surface area contributed by atoms with E-state index in [4.69, 9.17) is 4.42 Å². The third-order valence-corrected chi connectivity index (χ3v) is 5.41. The van der Waals surface area contributed by atoms with E-state index >= 15 is 0 Å². The maximum atomic E-state index is 12.4. The zero-order chi connectivity index (χ0) is 20.2. The lowest BCUT2D eigenvalue weighted by Crippen LogP contribution is -2.38. The van der Waals surface area contributed by atoms with Gasteiger partial charge in [-0.3, -0.25) is 9.69 Å². The molecule has 0 bridgehead atoms. The van der Waals surface area contributed by atoms with Gasteiger partial charge in [0.05, 0.1) is 17.9 Å². The molecular weight excluding hydrogens is 368 g/mol. The lowest BCUT2D eigenvalue weighted by molar-refractivity contribution is 0.0923. The van der Waals surface area contributed by atoms with Gasteiger partial charge < -0.3 is 9.73 Å². The Bertz CT molecular complexity index is 937. The summed E-state index contributed by atoms with van der Waals surface area (Å²) in [7, 11) is 0. The van der Waals surface area contributed by atoms with Crippen LogP contribution in [0, 0.1) is 19.8 Å². The van der Waals surface area contributed by atoms with Crippen molar-refractivity contribution in [1.82, 2.24) is 30.0 Å². The van der Waals surface area contributed by atoms with E-state index in [2.05, 4.69) is 25.3 Å². The highest BCUT2D eigenvalue weighted by Gasteiger charge is 2.22. The minimum Gasteiger partial charge on any atom is -0.444 e. The van der Waals surface area contributed by atoms with Crippen molar-refractivity contribution in [2.75, 3.05) is 19.6 Å². The van der Waals surface area contributed by atoms with Crippen LogP contribution in [0.25, 0.3) is 5.69 Å². The van der Waals surface area contributed by atoms with Gasteiger partial charge in [0.2, 0.25) is 11.7 Å². The summed E-state index contributed by atoms with van der Waals surface area (Å²) in [5.74, 6) is 2.10. The molecule has 0 saturated carbocycles. The number of likely N-dealkylation sites (tertiary alicyclic amines) is 1. The Balaban J connectivity index is 1.23. The predicted octanol–water partition coefficient (Wildman–Crippen LogP) is 2.51. The third kappa shape index (κ3) is 4.71. The number of piperidine rings is 1. The van der Waals surface area contributed by atoms with Crippen LogP contribution < -0.4 is 5.32 Å². The number of benzene rings is 1. The van der Waals surface area contributed by atoms with E-state index in [1.165, 1.54) is 0 Å². The molecule has 0 unspecified atom stereocenters. The molecule has 1 aliphatic heterocycles. The van der Waals surface area contributed by atoms with Crippen LogP contribution in [-0.4, -0.2) is 50.2 Å². The number of hydrogen-bond acceptors (Lipinski definition) is 6. The standard InChI is InChI=1S/C21H26N6O2/c1-15-16(2)29-19(24-15)13-26-10-8-17(9-11-26)12-22-21(28)20-23-14-27(25-20)18-6-4-3-5-7-18/h3-7,14,17H,8-13H2,1-2H3,(H,22,28). The number of aryl methyl sites for hydroxylation is 2. The van der Waals surface area contributed by atoms with Crippen LogP contribution in [0.3, 0.4) is 0 Å². The van der Waals surface area contributed by atoms with Gasteiger partial charge in [-0.15, -0.1) is 5.10 Å². The smallest absolute Gasteiger partial charge is 0.290 e. The molecule has 4 rings (SSSR count). The number of carbonyl (C=O) groups excluding carboxylic acids is 1. The van der Waals surface area contributed by atoms with Crippen molar-refractivity contribution in [2.45, 2.75) is 33.2 Å². The average Bonchev–Trinajstić information content (AvgIpc) is 3.35. The molecule has 0 atom stereocenters. The summed E-state index contributed by atoms with van der Waals surface area (Å²) in [6, 6.07) is 9.63. The van der Waals surface area contributed by atoms with Gasteiger partial charge in [-0.05, 0) is 57.8 Å². The minimum atomic E-state index is -0.229. The summed E-state index contributed by atoms with van der Waals surface area (Å²) < 4.78 is 7.29. The summed E-state index contributed by atoms with van der Waals surface area (Å²) in [5.41, 5.74) is 1.84. The average molecular weight is 394 g/mol. The van der Waals surface area contributed by atoms with Gasteiger partial charge in [-0.2, -0.15) is 0 Å². The maximum Gasteiger partial charge on any atom is 0.290 e. The first kappa shape index (κ1) is 19.3. The fraction of sp³-hybridized carbons (Fsp3) is 0.429. The number of amides is 1. The summed E-state index contributed by atoms with van der Waals surface area (Å²) >= 11 is 0. The third-order valence-electron chi connectivity index (χ3n) is 5.41. The molecule has 3 heterocycles. The van der Waals surface area contributed by atoms with Gasteiger partial charge >= 0.3 is 0 Å². The van der Waals surface area contributed by atoms with Crippen LogP contribution in [0.15, 0.2) is 41.1 Å². The van der Waals surface area contributed by atoms with E-state index < -0.39 is 0 Å². The van der Waals surface area contributed by atoms with Crippen molar-refractivity contribution < 1.29 is 9.21 Å². The van der Waals surface area contributed by atoms with Crippen molar-refractivity contribution in [2.24, 2.45) is 5.92 Å². The molecule has 1 amide bonds. The normalized spacial score (nSPS) is 15.5. The number of rotatable bonds is 6.